The number of esters is 1. The lowest BCUT2D eigenvalue weighted by Gasteiger charge is -2.13. The van der Waals surface area contributed by atoms with Gasteiger partial charge in [-0.05, 0) is 25.8 Å². The number of nitrogens with zero attached hydrogens (tertiary/aromatic N) is 2. The van der Waals surface area contributed by atoms with Crippen LogP contribution in [0.3, 0.4) is 0 Å². The molecule has 2 aromatic rings. The molecule has 0 saturated heterocycles. The van der Waals surface area contributed by atoms with Crippen LogP contribution in [-0.4, -0.2) is 23.0 Å². The molecule has 1 aliphatic carbocycles. The van der Waals surface area contributed by atoms with Gasteiger partial charge in [0.25, 0.3) is 0 Å². The van der Waals surface area contributed by atoms with Gasteiger partial charge in [0.05, 0.1) is 12.8 Å². The Hall–Kier alpha value is -2.23. The molecule has 0 atom stereocenters. The Morgan fingerprint density at radius 2 is 1.90 bits per heavy atom. The summed E-state index contributed by atoms with van der Waals surface area (Å²) in [5.41, 5.74) is 2.12. The van der Waals surface area contributed by atoms with E-state index in [1.807, 2.05) is 43.3 Å². The van der Waals surface area contributed by atoms with Gasteiger partial charge in [-0.25, -0.2) is 9.97 Å². The highest BCUT2D eigenvalue weighted by Gasteiger charge is 2.55. The third kappa shape index (κ3) is 2.07. The standard InChI is InChI=1S/C16H16N2O2/c1-11-10-13(12-6-4-3-5-7-12)18-14(17-11)16(8-9-16)15(19)20-2/h3-7,10H,8-9H2,1-2H3. The monoisotopic (exact) mass is 268 g/mol. The number of carbonyl (C=O) groups excluding carboxylic acids is 1. The number of methoxy groups -OCH3 is 1. The molecule has 4 nitrogen and oxygen atoms in total. The first-order valence-electron chi connectivity index (χ1n) is 6.66. The molecule has 3 rings (SSSR count). The van der Waals surface area contributed by atoms with E-state index in [2.05, 4.69) is 9.97 Å². The average molecular weight is 268 g/mol. The summed E-state index contributed by atoms with van der Waals surface area (Å²) in [5.74, 6) is 0.352. The fourth-order valence-electron chi connectivity index (χ4n) is 2.38. The van der Waals surface area contributed by atoms with E-state index in [0.717, 1.165) is 29.8 Å². The van der Waals surface area contributed by atoms with Gasteiger partial charge in [-0.1, -0.05) is 30.3 Å². The smallest absolute Gasteiger partial charge is 0.319 e. The largest absolute Gasteiger partial charge is 0.468 e. The zero-order valence-corrected chi connectivity index (χ0v) is 11.6. The summed E-state index contributed by atoms with van der Waals surface area (Å²) in [4.78, 5) is 21.0. The minimum atomic E-state index is -0.621. The van der Waals surface area contributed by atoms with Crippen molar-refractivity contribution in [3.8, 4) is 11.3 Å². The summed E-state index contributed by atoms with van der Waals surface area (Å²) >= 11 is 0. The maximum absolute atomic E-state index is 12.0. The van der Waals surface area contributed by atoms with Gasteiger partial charge in [0.15, 0.2) is 0 Å². The molecule has 1 aliphatic rings. The van der Waals surface area contributed by atoms with Crippen LogP contribution in [0, 0.1) is 6.92 Å². The number of aryl methyl sites for hydroxylation is 1. The minimum Gasteiger partial charge on any atom is -0.468 e. The maximum Gasteiger partial charge on any atom is 0.319 e. The van der Waals surface area contributed by atoms with Gasteiger partial charge < -0.3 is 4.74 Å². The highest BCUT2D eigenvalue weighted by Crippen LogP contribution is 2.47. The van der Waals surface area contributed by atoms with Gasteiger partial charge in [-0.2, -0.15) is 0 Å². The van der Waals surface area contributed by atoms with Crippen molar-refractivity contribution in [1.29, 1.82) is 0 Å². The van der Waals surface area contributed by atoms with Crippen molar-refractivity contribution in [1.82, 2.24) is 9.97 Å². The normalized spacial score (nSPS) is 15.7. The molecule has 1 aromatic carbocycles. The van der Waals surface area contributed by atoms with E-state index in [9.17, 15) is 4.79 Å². The Morgan fingerprint density at radius 3 is 2.50 bits per heavy atom. The highest BCUT2D eigenvalue weighted by atomic mass is 16.5. The van der Waals surface area contributed by atoms with Gasteiger partial charge in [0.2, 0.25) is 0 Å². The summed E-state index contributed by atoms with van der Waals surface area (Å²) < 4.78 is 4.90. The predicted octanol–water partition coefficient (Wildman–Crippen LogP) is 2.66. The zero-order valence-electron chi connectivity index (χ0n) is 11.6. The van der Waals surface area contributed by atoms with Crippen molar-refractivity contribution in [2.75, 3.05) is 7.11 Å². The number of carbonyl (C=O) groups is 1. The van der Waals surface area contributed by atoms with Gasteiger partial charge in [-0.15, -0.1) is 0 Å². The number of aromatic nitrogens is 2. The van der Waals surface area contributed by atoms with Gasteiger partial charge >= 0.3 is 5.97 Å². The van der Waals surface area contributed by atoms with Gasteiger partial charge in [-0.3, -0.25) is 4.79 Å². The molecule has 0 spiro atoms. The molecule has 4 heteroatoms. The van der Waals surface area contributed by atoms with Gasteiger partial charge in [0, 0.05) is 11.3 Å². The lowest BCUT2D eigenvalue weighted by molar-refractivity contribution is -0.143. The van der Waals surface area contributed by atoms with Crippen LogP contribution in [0.25, 0.3) is 11.3 Å². The fraction of sp³-hybridized carbons (Fsp3) is 0.312. The van der Waals surface area contributed by atoms with Crippen molar-refractivity contribution in [2.45, 2.75) is 25.2 Å². The predicted molar refractivity (Wildman–Crippen MR) is 75.1 cm³/mol. The van der Waals surface area contributed by atoms with E-state index < -0.39 is 5.41 Å². The first-order chi connectivity index (χ1) is 9.65. The molecule has 0 radical (unpaired) electrons. The van der Waals surface area contributed by atoms with Crippen molar-refractivity contribution in [3.63, 3.8) is 0 Å². The third-order valence-corrected chi connectivity index (χ3v) is 3.68. The molecule has 1 saturated carbocycles. The number of hydrogen-bond acceptors (Lipinski definition) is 4. The van der Waals surface area contributed by atoms with Crippen LogP contribution in [-0.2, 0) is 14.9 Å². The topological polar surface area (TPSA) is 52.1 Å². The molecule has 20 heavy (non-hydrogen) atoms. The molecule has 0 aliphatic heterocycles. The molecule has 0 bridgehead atoms. The molecule has 1 fully saturated rings. The Balaban J connectivity index is 2.07. The van der Waals surface area contributed by atoms with E-state index in [0.29, 0.717) is 5.82 Å². The van der Waals surface area contributed by atoms with Crippen LogP contribution in [0.2, 0.25) is 0 Å². The molecule has 0 unspecified atom stereocenters. The van der Waals surface area contributed by atoms with Crippen molar-refractivity contribution in [2.24, 2.45) is 0 Å². The Labute approximate surface area is 117 Å². The van der Waals surface area contributed by atoms with Crippen LogP contribution < -0.4 is 0 Å². The van der Waals surface area contributed by atoms with E-state index >= 15 is 0 Å². The number of ether oxygens (including phenoxy) is 1. The SMILES string of the molecule is COC(=O)C1(c2nc(C)cc(-c3ccccc3)n2)CC1. The second kappa shape index (κ2) is 4.71. The second-order valence-electron chi connectivity index (χ2n) is 5.16. The summed E-state index contributed by atoms with van der Waals surface area (Å²) in [6, 6.07) is 11.9. The van der Waals surface area contributed by atoms with Crippen LogP contribution in [0.1, 0.15) is 24.4 Å². The molecule has 1 heterocycles. The average Bonchev–Trinajstić information content (AvgIpc) is 3.28. The molecule has 0 N–H and O–H groups in total. The maximum atomic E-state index is 12.0. The van der Waals surface area contributed by atoms with Crippen molar-refractivity contribution < 1.29 is 9.53 Å². The lowest BCUT2D eigenvalue weighted by atomic mass is 10.1. The van der Waals surface area contributed by atoms with E-state index in [1.165, 1.54) is 7.11 Å². The summed E-state index contributed by atoms with van der Waals surface area (Å²) in [5, 5.41) is 0. The number of benzene rings is 1. The minimum absolute atomic E-state index is 0.234. The summed E-state index contributed by atoms with van der Waals surface area (Å²) in [6.45, 7) is 1.92. The van der Waals surface area contributed by atoms with Crippen LogP contribution >= 0.6 is 0 Å². The lowest BCUT2D eigenvalue weighted by Crippen LogP contribution is -2.25. The summed E-state index contributed by atoms with van der Waals surface area (Å²) in [6.07, 6.45) is 1.52. The first-order valence-corrected chi connectivity index (χ1v) is 6.66. The van der Waals surface area contributed by atoms with Crippen LogP contribution in [0.15, 0.2) is 36.4 Å². The van der Waals surface area contributed by atoms with Crippen molar-refractivity contribution in [3.05, 3.63) is 47.9 Å². The van der Waals surface area contributed by atoms with E-state index in [1.54, 1.807) is 0 Å². The summed E-state index contributed by atoms with van der Waals surface area (Å²) in [7, 11) is 1.41. The van der Waals surface area contributed by atoms with Crippen LogP contribution in [0.5, 0.6) is 0 Å². The third-order valence-electron chi connectivity index (χ3n) is 3.68. The van der Waals surface area contributed by atoms with E-state index in [-0.39, 0.29) is 5.97 Å². The Bertz CT molecular complexity index is 649. The zero-order chi connectivity index (χ0) is 14.2. The quantitative estimate of drug-likeness (QED) is 0.803. The Morgan fingerprint density at radius 1 is 1.20 bits per heavy atom. The molecule has 102 valence electrons. The highest BCUT2D eigenvalue weighted by molar-refractivity contribution is 5.85. The van der Waals surface area contributed by atoms with Crippen molar-refractivity contribution >= 4 is 5.97 Å². The van der Waals surface area contributed by atoms with Crippen LogP contribution in [0.4, 0.5) is 0 Å². The number of rotatable bonds is 3. The fourth-order valence-corrected chi connectivity index (χ4v) is 2.38. The van der Waals surface area contributed by atoms with E-state index in [4.69, 9.17) is 4.74 Å². The van der Waals surface area contributed by atoms with Gasteiger partial charge in [0.1, 0.15) is 11.2 Å². The second-order valence-corrected chi connectivity index (χ2v) is 5.16. The first kappa shape index (κ1) is 12.8. The molecule has 0 amide bonds. The molecular weight excluding hydrogens is 252 g/mol. The number of hydrogen-bond donors (Lipinski definition) is 0. The molecule has 1 aromatic heterocycles. The molecular formula is C16H16N2O2. The Kier molecular flexibility index (Phi) is 3.01.